The number of aromatic nitrogens is 2. The van der Waals surface area contributed by atoms with E-state index < -0.39 is 5.60 Å². The van der Waals surface area contributed by atoms with Crippen molar-refractivity contribution in [3.05, 3.63) is 40.5 Å². The number of nitrogens with one attached hydrogen (secondary N) is 1. The molecule has 0 unspecified atom stereocenters. The number of fused-ring (bicyclic) bond motifs is 1. The summed E-state index contributed by atoms with van der Waals surface area (Å²) < 4.78 is 16.4. The number of ether oxygens (including phenoxy) is 3. The fourth-order valence-corrected chi connectivity index (χ4v) is 5.52. The van der Waals surface area contributed by atoms with E-state index in [0.29, 0.717) is 39.5 Å². The van der Waals surface area contributed by atoms with E-state index in [1.165, 1.54) is 0 Å². The second-order valence-corrected chi connectivity index (χ2v) is 11.1. The van der Waals surface area contributed by atoms with Crippen LogP contribution in [0.4, 0.5) is 5.95 Å². The molecule has 9 heteroatoms. The molecule has 1 N–H and O–H groups in total. The lowest BCUT2D eigenvalue weighted by Gasteiger charge is -2.32. The molecule has 1 aliphatic rings. The maximum absolute atomic E-state index is 12.5. The molecule has 2 aromatic carbocycles. The maximum Gasteiger partial charge on any atom is 0.306 e. The monoisotopic (exact) mass is 545 g/mol. The molecule has 198 valence electrons. The standard InChI is InChI=1S/C28H33Cl2N3O4/c1-28(2,3)37-23(34)13-16-8-6-7-9-19(16)32-27-31-15-18-12-17(10-11-20(18)33-27)24-25(29)21(35-4)14-22(36-5)26(24)30/h10-12,14-16,19H,6-9,13H2,1-5H3,(H,31,32,33)/t16-,19-/m1/s1. The summed E-state index contributed by atoms with van der Waals surface area (Å²) in [7, 11) is 3.09. The van der Waals surface area contributed by atoms with Crippen LogP contribution in [0.15, 0.2) is 30.5 Å². The molecule has 3 aromatic rings. The molecule has 0 radical (unpaired) electrons. The molecular formula is C28H33Cl2N3O4. The summed E-state index contributed by atoms with van der Waals surface area (Å²) in [6.07, 6.45) is 6.30. The minimum Gasteiger partial charge on any atom is -0.495 e. The summed E-state index contributed by atoms with van der Waals surface area (Å²) >= 11 is 13.2. The number of carbonyl (C=O) groups excluding carboxylic acids is 1. The van der Waals surface area contributed by atoms with Gasteiger partial charge in [0.25, 0.3) is 0 Å². The van der Waals surface area contributed by atoms with Crippen molar-refractivity contribution >= 4 is 46.0 Å². The molecule has 0 amide bonds. The number of hydrogen-bond acceptors (Lipinski definition) is 7. The van der Waals surface area contributed by atoms with Gasteiger partial charge in [0.15, 0.2) is 0 Å². The highest BCUT2D eigenvalue weighted by Crippen LogP contribution is 2.46. The topological polar surface area (TPSA) is 82.6 Å². The lowest BCUT2D eigenvalue weighted by atomic mass is 9.82. The predicted molar refractivity (Wildman–Crippen MR) is 148 cm³/mol. The van der Waals surface area contributed by atoms with Crippen LogP contribution in [0.1, 0.15) is 52.9 Å². The molecule has 37 heavy (non-hydrogen) atoms. The highest BCUT2D eigenvalue weighted by atomic mass is 35.5. The smallest absolute Gasteiger partial charge is 0.306 e. The van der Waals surface area contributed by atoms with Gasteiger partial charge >= 0.3 is 5.97 Å². The van der Waals surface area contributed by atoms with Gasteiger partial charge in [-0.3, -0.25) is 4.79 Å². The van der Waals surface area contributed by atoms with Crippen molar-refractivity contribution in [3.8, 4) is 22.6 Å². The molecule has 2 atom stereocenters. The Kier molecular flexibility index (Phi) is 8.34. The Morgan fingerprint density at radius 1 is 1.05 bits per heavy atom. The average molecular weight is 546 g/mol. The number of esters is 1. The average Bonchev–Trinajstić information content (AvgIpc) is 2.84. The van der Waals surface area contributed by atoms with E-state index in [9.17, 15) is 4.79 Å². The Balaban J connectivity index is 1.57. The van der Waals surface area contributed by atoms with Gasteiger partial charge in [-0.1, -0.05) is 42.1 Å². The first kappa shape index (κ1) is 27.3. The van der Waals surface area contributed by atoms with Gasteiger partial charge in [0.2, 0.25) is 5.95 Å². The largest absolute Gasteiger partial charge is 0.495 e. The Hall–Kier alpha value is -2.77. The SMILES string of the molecule is COc1cc(OC)c(Cl)c(-c2ccc3nc(N[C@@H]4CCCC[C@@H]4CC(=O)OC(C)(C)C)ncc3c2)c1Cl. The number of nitrogens with zero attached hydrogens (tertiary/aromatic N) is 2. The van der Waals surface area contributed by atoms with E-state index in [4.69, 9.17) is 42.4 Å². The molecule has 1 fully saturated rings. The summed E-state index contributed by atoms with van der Waals surface area (Å²) in [5.74, 6) is 1.51. The number of halogens is 2. The highest BCUT2D eigenvalue weighted by Gasteiger charge is 2.29. The summed E-state index contributed by atoms with van der Waals surface area (Å²) in [6, 6.07) is 7.54. The second kappa shape index (κ2) is 11.3. The third kappa shape index (κ3) is 6.39. The van der Waals surface area contributed by atoms with E-state index in [0.717, 1.165) is 42.1 Å². The molecule has 1 heterocycles. The van der Waals surface area contributed by atoms with Crippen molar-refractivity contribution in [2.75, 3.05) is 19.5 Å². The van der Waals surface area contributed by atoms with Crippen LogP contribution >= 0.6 is 23.2 Å². The summed E-state index contributed by atoms with van der Waals surface area (Å²) in [6.45, 7) is 5.67. The van der Waals surface area contributed by atoms with E-state index in [1.807, 2.05) is 39.0 Å². The van der Waals surface area contributed by atoms with Crippen LogP contribution < -0.4 is 14.8 Å². The van der Waals surface area contributed by atoms with E-state index in [1.54, 1.807) is 26.5 Å². The van der Waals surface area contributed by atoms with Crippen molar-refractivity contribution in [1.82, 2.24) is 9.97 Å². The summed E-state index contributed by atoms with van der Waals surface area (Å²) in [5, 5.41) is 5.13. The summed E-state index contributed by atoms with van der Waals surface area (Å²) in [4.78, 5) is 21.8. The Bertz CT molecular complexity index is 1260. The first-order valence-corrected chi connectivity index (χ1v) is 13.2. The fraction of sp³-hybridized carbons (Fsp3) is 0.464. The lowest BCUT2D eigenvalue weighted by Crippen LogP contribution is -2.35. The minimum absolute atomic E-state index is 0.111. The van der Waals surface area contributed by atoms with Crippen molar-refractivity contribution in [2.45, 2.75) is 64.5 Å². The molecule has 0 saturated heterocycles. The Morgan fingerprint density at radius 3 is 2.38 bits per heavy atom. The molecule has 7 nitrogen and oxygen atoms in total. The Morgan fingerprint density at radius 2 is 1.73 bits per heavy atom. The van der Waals surface area contributed by atoms with Crippen LogP contribution in [0.5, 0.6) is 11.5 Å². The molecular weight excluding hydrogens is 513 g/mol. The zero-order chi connectivity index (χ0) is 26.7. The number of hydrogen-bond donors (Lipinski definition) is 1. The predicted octanol–water partition coefficient (Wildman–Crippen LogP) is 7.32. The van der Waals surface area contributed by atoms with Gasteiger partial charge in [-0.2, -0.15) is 0 Å². The number of methoxy groups -OCH3 is 2. The van der Waals surface area contributed by atoms with Gasteiger partial charge in [-0.25, -0.2) is 9.97 Å². The molecule has 0 spiro atoms. The third-order valence-electron chi connectivity index (χ3n) is 6.51. The van der Waals surface area contributed by atoms with Crippen LogP contribution in [0, 0.1) is 5.92 Å². The van der Waals surface area contributed by atoms with E-state index in [2.05, 4.69) is 10.3 Å². The zero-order valence-electron chi connectivity index (χ0n) is 21.9. The molecule has 1 saturated carbocycles. The maximum atomic E-state index is 12.5. The molecule has 0 aliphatic heterocycles. The molecule has 1 aliphatic carbocycles. The molecule has 4 rings (SSSR count). The fourth-order valence-electron chi connectivity index (χ4n) is 4.80. The van der Waals surface area contributed by atoms with Crippen molar-refractivity contribution in [1.29, 1.82) is 0 Å². The van der Waals surface area contributed by atoms with Gasteiger partial charge in [0.05, 0.1) is 36.2 Å². The quantitative estimate of drug-likeness (QED) is 0.311. The van der Waals surface area contributed by atoms with Gasteiger partial charge in [0.1, 0.15) is 17.1 Å². The van der Waals surface area contributed by atoms with Crippen LogP contribution in [-0.2, 0) is 9.53 Å². The number of carbonyl (C=O) groups is 1. The van der Waals surface area contributed by atoms with Crippen LogP contribution in [-0.4, -0.2) is 41.8 Å². The van der Waals surface area contributed by atoms with Crippen molar-refractivity contribution in [2.24, 2.45) is 5.92 Å². The van der Waals surface area contributed by atoms with Gasteiger partial charge < -0.3 is 19.5 Å². The Labute approximate surface area is 227 Å². The van der Waals surface area contributed by atoms with E-state index in [-0.39, 0.29) is 17.9 Å². The zero-order valence-corrected chi connectivity index (χ0v) is 23.4. The van der Waals surface area contributed by atoms with Gasteiger partial charge in [-0.15, -0.1) is 0 Å². The first-order valence-electron chi connectivity index (χ1n) is 12.4. The van der Waals surface area contributed by atoms with Crippen LogP contribution in [0.3, 0.4) is 0 Å². The number of benzene rings is 2. The molecule has 0 bridgehead atoms. The second-order valence-electron chi connectivity index (χ2n) is 10.3. The molecule has 1 aromatic heterocycles. The first-order chi connectivity index (χ1) is 17.6. The van der Waals surface area contributed by atoms with Crippen LogP contribution in [0.25, 0.3) is 22.0 Å². The number of anilines is 1. The highest BCUT2D eigenvalue weighted by molar-refractivity contribution is 6.41. The van der Waals surface area contributed by atoms with Crippen molar-refractivity contribution < 1.29 is 19.0 Å². The normalized spacial score (nSPS) is 17.9. The summed E-state index contributed by atoms with van der Waals surface area (Å²) in [5.41, 5.74) is 1.71. The number of rotatable bonds is 7. The van der Waals surface area contributed by atoms with E-state index >= 15 is 0 Å². The van der Waals surface area contributed by atoms with Gasteiger partial charge in [-0.05, 0) is 57.2 Å². The van der Waals surface area contributed by atoms with Gasteiger partial charge in [0, 0.05) is 29.3 Å². The third-order valence-corrected chi connectivity index (χ3v) is 7.27. The van der Waals surface area contributed by atoms with Crippen LogP contribution in [0.2, 0.25) is 10.0 Å². The minimum atomic E-state index is -0.487. The van der Waals surface area contributed by atoms with Crippen molar-refractivity contribution in [3.63, 3.8) is 0 Å². The lowest BCUT2D eigenvalue weighted by molar-refractivity contribution is -0.156.